The number of esters is 1. The van der Waals surface area contributed by atoms with Crippen molar-refractivity contribution in [1.29, 1.82) is 0 Å². The van der Waals surface area contributed by atoms with Crippen LogP contribution in [0.5, 0.6) is 0 Å². The van der Waals surface area contributed by atoms with Crippen molar-refractivity contribution in [3.8, 4) is 0 Å². The molecular formula is C11H17ClO2. The number of hydrogen-bond acceptors (Lipinski definition) is 2. The molecule has 0 spiro atoms. The number of alkyl halides is 1. The van der Waals surface area contributed by atoms with E-state index in [1.54, 1.807) is 0 Å². The molecule has 0 aromatic heterocycles. The van der Waals surface area contributed by atoms with Crippen LogP contribution in [0.25, 0.3) is 0 Å². The highest BCUT2D eigenvalue weighted by molar-refractivity contribution is 6.36. The molecule has 2 atom stereocenters. The molecule has 3 heteroatoms. The number of carbonyl (C=O) groups is 1. The number of cyclic esters (lactones) is 1. The Kier molecular flexibility index (Phi) is 2.74. The van der Waals surface area contributed by atoms with Gasteiger partial charge in [-0.2, -0.15) is 0 Å². The second-order valence-electron chi connectivity index (χ2n) is 4.44. The number of carbonyl (C=O) groups excluding carboxylic acids is 1. The van der Waals surface area contributed by atoms with Gasteiger partial charge >= 0.3 is 5.97 Å². The summed E-state index contributed by atoms with van der Waals surface area (Å²) in [5, 5.41) is 0. The molecule has 1 saturated heterocycles. The molecule has 0 N–H and O–H groups in total. The van der Waals surface area contributed by atoms with Gasteiger partial charge in [0.25, 0.3) is 0 Å². The van der Waals surface area contributed by atoms with Crippen LogP contribution in [-0.2, 0) is 9.53 Å². The topological polar surface area (TPSA) is 26.3 Å². The Labute approximate surface area is 90.0 Å². The Morgan fingerprint density at radius 3 is 2.57 bits per heavy atom. The first-order chi connectivity index (χ1) is 6.68. The van der Waals surface area contributed by atoms with Gasteiger partial charge < -0.3 is 4.74 Å². The molecule has 80 valence electrons. The summed E-state index contributed by atoms with van der Waals surface area (Å²) in [4.78, 5) is 10.6. The fourth-order valence-corrected chi connectivity index (χ4v) is 2.88. The maximum atomic E-state index is 11.3. The standard InChI is InChI=1S/C11H17ClO2/c1-2-11(12)9(14-10(11)13)8-6-4-3-5-7-8/h8-9H,2-7H2,1H3/t9-,11+/m1/s1. The van der Waals surface area contributed by atoms with Crippen molar-refractivity contribution in [2.75, 3.05) is 0 Å². The van der Waals surface area contributed by atoms with Crippen LogP contribution in [0.1, 0.15) is 45.4 Å². The van der Waals surface area contributed by atoms with Crippen molar-refractivity contribution < 1.29 is 9.53 Å². The van der Waals surface area contributed by atoms with Crippen LogP contribution in [0.2, 0.25) is 0 Å². The van der Waals surface area contributed by atoms with E-state index < -0.39 is 4.87 Å². The Bertz CT molecular complexity index is 235. The molecule has 1 aliphatic carbocycles. The quantitative estimate of drug-likeness (QED) is 0.524. The summed E-state index contributed by atoms with van der Waals surface area (Å²) in [7, 11) is 0. The summed E-state index contributed by atoms with van der Waals surface area (Å²) in [6.07, 6.45) is 6.86. The van der Waals surface area contributed by atoms with E-state index in [9.17, 15) is 4.79 Å². The second-order valence-corrected chi connectivity index (χ2v) is 5.11. The highest BCUT2D eigenvalue weighted by Gasteiger charge is 2.58. The zero-order valence-corrected chi connectivity index (χ0v) is 9.35. The van der Waals surface area contributed by atoms with Gasteiger partial charge in [-0.25, -0.2) is 4.79 Å². The monoisotopic (exact) mass is 216 g/mol. The van der Waals surface area contributed by atoms with Crippen LogP contribution in [0.15, 0.2) is 0 Å². The van der Waals surface area contributed by atoms with Crippen molar-refractivity contribution in [1.82, 2.24) is 0 Å². The fourth-order valence-electron chi connectivity index (χ4n) is 2.62. The van der Waals surface area contributed by atoms with Crippen molar-refractivity contribution in [3.63, 3.8) is 0 Å². The third-order valence-electron chi connectivity index (χ3n) is 3.62. The molecule has 14 heavy (non-hydrogen) atoms. The lowest BCUT2D eigenvalue weighted by molar-refractivity contribution is -0.187. The van der Waals surface area contributed by atoms with E-state index in [1.165, 1.54) is 32.1 Å². The molecule has 0 aromatic carbocycles. The van der Waals surface area contributed by atoms with Crippen molar-refractivity contribution >= 4 is 17.6 Å². The zero-order chi connectivity index (χ0) is 10.2. The van der Waals surface area contributed by atoms with E-state index in [-0.39, 0.29) is 12.1 Å². The lowest BCUT2D eigenvalue weighted by atomic mass is 9.76. The van der Waals surface area contributed by atoms with E-state index in [0.29, 0.717) is 12.3 Å². The molecule has 0 aromatic rings. The summed E-state index contributed by atoms with van der Waals surface area (Å²) in [6.45, 7) is 1.96. The lowest BCUT2D eigenvalue weighted by Crippen LogP contribution is -2.61. The van der Waals surface area contributed by atoms with E-state index in [4.69, 9.17) is 16.3 Å². The van der Waals surface area contributed by atoms with E-state index >= 15 is 0 Å². The molecule has 2 rings (SSSR count). The smallest absolute Gasteiger partial charge is 0.331 e. The van der Waals surface area contributed by atoms with Gasteiger partial charge in [0.15, 0.2) is 4.87 Å². The van der Waals surface area contributed by atoms with E-state index in [2.05, 4.69) is 0 Å². The lowest BCUT2D eigenvalue weighted by Gasteiger charge is -2.46. The highest BCUT2D eigenvalue weighted by atomic mass is 35.5. The Morgan fingerprint density at radius 1 is 1.43 bits per heavy atom. The number of ether oxygens (including phenoxy) is 1. The fraction of sp³-hybridized carbons (Fsp3) is 0.909. The van der Waals surface area contributed by atoms with Gasteiger partial charge in [0.1, 0.15) is 6.10 Å². The summed E-state index contributed by atoms with van der Waals surface area (Å²) < 4.78 is 5.21. The van der Waals surface area contributed by atoms with Gasteiger partial charge in [-0.3, -0.25) is 0 Å². The van der Waals surface area contributed by atoms with Gasteiger partial charge in [0.05, 0.1) is 0 Å². The Balaban J connectivity index is 2.01. The molecule has 1 aliphatic heterocycles. The summed E-state index contributed by atoms with van der Waals surface area (Å²) >= 11 is 6.27. The van der Waals surface area contributed by atoms with Crippen LogP contribution < -0.4 is 0 Å². The minimum absolute atomic E-state index is 0.0121. The average Bonchev–Trinajstić information content (AvgIpc) is 2.25. The molecule has 0 radical (unpaired) electrons. The van der Waals surface area contributed by atoms with Gasteiger partial charge in [-0.1, -0.05) is 26.2 Å². The van der Waals surface area contributed by atoms with Crippen LogP contribution in [0.4, 0.5) is 0 Å². The number of rotatable bonds is 2. The summed E-state index contributed by atoms with van der Waals surface area (Å²) in [6, 6.07) is 0. The number of halogens is 1. The first-order valence-corrected chi connectivity index (χ1v) is 5.96. The molecule has 2 fully saturated rings. The minimum atomic E-state index is -0.692. The predicted octanol–water partition coefficient (Wildman–Crippen LogP) is 2.88. The minimum Gasteiger partial charge on any atom is -0.458 e. The summed E-state index contributed by atoms with van der Waals surface area (Å²) in [5.41, 5.74) is 0. The zero-order valence-electron chi connectivity index (χ0n) is 8.59. The normalized spacial score (nSPS) is 39.0. The number of hydrogen-bond donors (Lipinski definition) is 0. The third kappa shape index (κ3) is 1.44. The largest absolute Gasteiger partial charge is 0.458 e. The van der Waals surface area contributed by atoms with Crippen LogP contribution in [-0.4, -0.2) is 16.9 Å². The molecular weight excluding hydrogens is 200 g/mol. The average molecular weight is 217 g/mol. The first-order valence-electron chi connectivity index (χ1n) is 5.58. The summed E-state index contributed by atoms with van der Waals surface area (Å²) in [5.74, 6) is 0.302. The molecule has 1 heterocycles. The van der Waals surface area contributed by atoms with Crippen molar-refractivity contribution in [2.24, 2.45) is 5.92 Å². The Morgan fingerprint density at radius 2 is 2.07 bits per heavy atom. The molecule has 0 amide bonds. The van der Waals surface area contributed by atoms with Gasteiger partial charge in [0.2, 0.25) is 0 Å². The van der Waals surface area contributed by atoms with Crippen LogP contribution >= 0.6 is 11.6 Å². The van der Waals surface area contributed by atoms with Crippen LogP contribution in [0, 0.1) is 5.92 Å². The Hall–Kier alpha value is -0.240. The molecule has 0 bridgehead atoms. The second kappa shape index (κ2) is 3.73. The maximum absolute atomic E-state index is 11.3. The third-order valence-corrected chi connectivity index (χ3v) is 4.25. The first kappa shape index (κ1) is 10.3. The van der Waals surface area contributed by atoms with E-state index in [0.717, 1.165) is 0 Å². The highest BCUT2D eigenvalue weighted by Crippen LogP contribution is 2.45. The predicted molar refractivity (Wildman–Crippen MR) is 55.3 cm³/mol. The van der Waals surface area contributed by atoms with Crippen molar-refractivity contribution in [2.45, 2.75) is 56.4 Å². The van der Waals surface area contributed by atoms with E-state index in [1.807, 2.05) is 6.92 Å². The molecule has 2 nitrogen and oxygen atoms in total. The molecule has 0 unspecified atom stereocenters. The molecule has 1 saturated carbocycles. The van der Waals surface area contributed by atoms with Crippen LogP contribution in [0.3, 0.4) is 0 Å². The van der Waals surface area contributed by atoms with Gasteiger partial charge in [-0.05, 0) is 25.2 Å². The maximum Gasteiger partial charge on any atom is 0.331 e. The van der Waals surface area contributed by atoms with Gasteiger partial charge in [-0.15, -0.1) is 11.6 Å². The van der Waals surface area contributed by atoms with Gasteiger partial charge in [0, 0.05) is 0 Å². The van der Waals surface area contributed by atoms with Crippen molar-refractivity contribution in [3.05, 3.63) is 0 Å². The SMILES string of the molecule is CC[C@@]1(Cl)C(=O)O[C@@H]1C1CCCCC1. The molecule has 2 aliphatic rings.